The van der Waals surface area contributed by atoms with Gasteiger partial charge in [-0.2, -0.15) is 0 Å². The van der Waals surface area contributed by atoms with E-state index in [1.165, 1.54) is 6.26 Å². The van der Waals surface area contributed by atoms with Gasteiger partial charge < -0.3 is 19.7 Å². The van der Waals surface area contributed by atoms with E-state index in [4.69, 9.17) is 4.42 Å². The molecule has 128 valence electrons. The fourth-order valence-electron chi connectivity index (χ4n) is 2.97. The third kappa shape index (κ3) is 3.86. The number of amides is 1. The fraction of sp³-hybridized carbons (Fsp3) is 0.421. The topological polar surface area (TPSA) is 65.7 Å². The summed E-state index contributed by atoms with van der Waals surface area (Å²) in [5, 5.41) is 13.6. The lowest BCUT2D eigenvalue weighted by atomic mass is 9.87. The minimum absolute atomic E-state index is 0.0567. The van der Waals surface area contributed by atoms with E-state index in [9.17, 15) is 9.90 Å². The standard InChI is InChI=1S/C19H24N2O3/c1-14(16-10-20-11-16)19(23)21(12-15-6-3-2-4-7-15)13-17(22)18-8-5-9-24-18/h2-9,14,16-17,20,22H,10-13H2,1H3. The number of benzene rings is 1. The summed E-state index contributed by atoms with van der Waals surface area (Å²) in [5.41, 5.74) is 1.05. The Kier molecular flexibility index (Phi) is 5.33. The van der Waals surface area contributed by atoms with E-state index in [2.05, 4.69) is 5.32 Å². The van der Waals surface area contributed by atoms with Crippen LogP contribution in [0.15, 0.2) is 53.1 Å². The molecule has 2 N–H and O–H groups in total. The molecule has 24 heavy (non-hydrogen) atoms. The Hall–Kier alpha value is -2.11. The molecule has 0 aliphatic carbocycles. The largest absolute Gasteiger partial charge is 0.467 e. The molecule has 5 heteroatoms. The van der Waals surface area contributed by atoms with Crippen LogP contribution in [-0.2, 0) is 11.3 Å². The first kappa shape index (κ1) is 16.7. The van der Waals surface area contributed by atoms with Gasteiger partial charge in [0, 0.05) is 12.5 Å². The molecule has 1 aromatic carbocycles. The van der Waals surface area contributed by atoms with Crippen LogP contribution in [0.1, 0.15) is 24.4 Å². The van der Waals surface area contributed by atoms with Crippen molar-refractivity contribution in [2.45, 2.75) is 19.6 Å². The second-order valence-electron chi connectivity index (χ2n) is 6.44. The van der Waals surface area contributed by atoms with Gasteiger partial charge >= 0.3 is 0 Å². The SMILES string of the molecule is CC(C(=O)N(Cc1ccccc1)CC(O)c1ccco1)C1CNC1. The first-order valence-electron chi connectivity index (χ1n) is 8.40. The number of carbonyl (C=O) groups excluding carboxylic acids is 1. The number of carbonyl (C=O) groups is 1. The van der Waals surface area contributed by atoms with Crippen LogP contribution in [-0.4, -0.2) is 35.5 Å². The quantitative estimate of drug-likeness (QED) is 0.818. The molecule has 2 atom stereocenters. The van der Waals surface area contributed by atoms with Crippen LogP contribution in [0.2, 0.25) is 0 Å². The predicted molar refractivity (Wildman–Crippen MR) is 91.1 cm³/mol. The van der Waals surface area contributed by atoms with Crippen LogP contribution in [0.5, 0.6) is 0 Å². The third-order valence-electron chi connectivity index (χ3n) is 4.70. The Morgan fingerprint density at radius 2 is 2.04 bits per heavy atom. The third-order valence-corrected chi connectivity index (χ3v) is 4.70. The van der Waals surface area contributed by atoms with Crippen molar-refractivity contribution in [1.82, 2.24) is 10.2 Å². The number of aliphatic hydroxyl groups excluding tert-OH is 1. The first-order valence-corrected chi connectivity index (χ1v) is 8.40. The molecule has 1 fully saturated rings. The molecular formula is C19H24N2O3. The average Bonchev–Trinajstić information content (AvgIpc) is 3.07. The maximum atomic E-state index is 12.9. The number of hydrogen-bond donors (Lipinski definition) is 2. The summed E-state index contributed by atoms with van der Waals surface area (Å²) in [5.74, 6) is 0.880. The van der Waals surface area contributed by atoms with Crippen molar-refractivity contribution in [2.75, 3.05) is 19.6 Å². The van der Waals surface area contributed by atoms with E-state index in [0.29, 0.717) is 18.2 Å². The lowest BCUT2D eigenvalue weighted by Gasteiger charge is -2.35. The molecule has 0 radical (unpaired) electrons. The van der Waals surface area contributed by atoms with Gasteiger partial charge in [0.15, 0.2) is 0 Å². The summed E-state index contributed by atoms with van der Waals surface area (Å²) >= 11 is 0. The van der Waals surface area contributed by atoms with Gasteiger partial charge in [0.05, 0.1) is 12.8 Å². The van der Waals surface area contributed by atoms with Crippen molar-refractivity contribution in [3.8, 4) is 0 Å². The van der Waals surface area contributed by atoms with Gasteiger partial charge in [-0.05, 0) is 36.7 Å². The summed E-state index contributed by atoms with van der Waals surface area (Å²) < 4.78 is 5.27. The fourth-order valence-corrected chi connectivity index (χ4v) is 2.97. The summed E-state index contributed by atoms with van der Waals surface area (Å²) in [6.45, 7) is 4.46. The van der Waals surface area contributed by atoms with E-state index < -0.39 is 6.10 Å². The molecule has 1 aliphatic rings. The number of aliphatic hydroxyl groups is 1. The second-order valence-corrected chi connectivity index (χ2v) is 6.44. The van der Waals surface area contributed by atoms with Gasteiger partial charge in [-0.3, -0.25) is 4.79 Å². The van der Waals surface area contributed by atoms with Gasteiger partial charge in [-0.15, -0.1) is 0 Å². The Labute approximate surface area is 142 Å². The molecule has 3 rings (SSSR count). The highest BCUT2D eigenvalue weighted by Crippen LogP contribution is 2.22. The zero-order valence-corrected chi connectivity index (χ0v) is 13.9. The molecule has 2 heterocycles. The number of nitrogens with zero attached hydrogens (tertiary/aromatic N) is 1. The molecule has 2 unspecified atom stereocenters. The zero-order chi connectivity index (χ0) is 16.9. The Morgan fingerprint density at radius 1 is 1.29 bits per heavy atom. The van der Waals surface area contributed by atoms with Gasteiger partial charge in [0.2, 0.25) is 5.91 Å². The van der Waals surface area contributed by atoms with Crippen molar-refractivity contribution in [3.05, 3.63) is 60.1 Å². The molecule has 1 amide bonds. The van der Waals surface area contributed by atoms with Crippen LogP contribution in [0, 0.1) is 11.8 Å². The number of nitrogens with one attached hydrogen (secondary N) is 1. The summed E-state index contributed by atoms with van der Waals surface area (Å²) in [7, 11) is 0. The van der Waals surface area contributed by atoms with Crippen LogP contribution < -0.4 is 5.32 Å². The van der Waals surface area contributed by atoms with Crippen molar-refractivity contribution < 1.29 is 14.3 Å². The second kappa shape index (κ2) is 7.64. The van der Waals surface area contributed by atoms with E-state index in [1.807, 2.05) is 37.3 Å². The molecule has 1 aliphatic heterocycles. The van der Waals surface area contributed by atoms with Crippen molar-refractivity contribution in [1.29, 1.82) is 0 Å². The molecule has 0 bridgehead atoms. The van der Waals surface area contributed by atoms with Crippen molar-refractivity contribution >= 4 is 5.91 Å². The number of hydrogen-bond acceptors (Lipinski definition) is 4. The number of furan rings is 1. The van der Waals surface area contributed by atoms with Crippen LogP contribution in [0.3, 0.4) is 0 Å². The van der Waals surface area contributed by atoms with Crippen molar-refractivity contribution in [2.24, 2.45) is 11.8 Å². The molecule has 5 nitrogen and oxygen atoms in total. The molecule has 0 spiro atoms. The monoisotopic (exact) mass is 328 g/mol. The number of rotatable bonds is 7. The van der Waals surface area contributed by atoms with E-state index in [0.717, 1.165) is 18.7 Å². The van der Waals surface area contributed by atoms with Gasteiger partial charge in [0.25, 0.3) is 0 Å². The molecule has 2 aromatic rings. The lowest BCUT2D eigenvalue weighted by molar-refractivity contribution is -0.139. The van der Waals surface area contributed by atoms with E-state index >= 15 is 0 Å². The van der Waals surface area contributed by atoms with Crippen LogP contribution in [0.4, 0.5) is 0 Å². The Morgan fingerprint density at radius 3 is 2.62 bits per heavy atom. The van der Waals surface area contributed by atoms with E-state index in [1.54, 1.807) is 17.0 Å². The van der Waals surface area contributed by atoms with Gasteiger partial charge in [-0.1, -0.05) is 37.3 Å². The summed E-state index contributed by atoms with van der Waals surface area (Å²) in [6.07, 6.45) is 0.712. The Bertz CT molecular complexity index is 638. The molecule has 1 saturated heterocycles. The summed E-state index contributed by atoms with van der Waals surface area (Å²) in [6, 6.07) is 13.3. The average molecular weight is 328 g/mol. The maximum absolute atomic E-state index is 12.9. The maximum Gasteiger partial charge on any atom is 0.226 e. The normalized spacial score (nSPS) is 17.1. The Balaban J connectivity index is 1.73. The minimum atomic E-state index is -0.820. The van der Waals surface area contributed by atoms with Gasteiger partial charge in [-0.25, -0.2) is 0 Å². The highest BCUT2D eigenvalue weighted by Gasteiger charge is 2.32. The first-order chi connectivity index (χ1) is 11.6. The molecule has 0 saturated carbocycles. The zero-order valence-electron chi connectivity index (χ0n) is 13.9. The smallest absolute Gasteiger partial charge is 0.226 e. The highest BCUT2D eigenvalue weighted by atomic mass is 16.4. The summed E-state index contributed by atoms with van der Waals surface area (Å²) in [4.78, 5) is 14.7. The van der Waals surface area contributed by atoms with Crippen molar-refractivity contribution in [3.63, 3.8) is 0 Å². The minimum Gasteiger partial charge on any atom is -0.467 e. The molecule has 1 aromatic heterocycles. The predicted octanol–water partition coefficient (Wildman–Crippen LogP) is 2.20. The van der Waals surface area contributed by atoms with Crippen LogP contribution in [0.25, 0.3) is 0 Å². The highest BCUT2D eigenvalue weighted by molar-refractivity contribution is 5.79. The van der Waals surface area contributed by atoms with Gasteiger partial charge in [0.1, 0.15) is 11.9 Å². The lowest BCUT2D eigenvalue weighted by Crippen LogP contribution is -2.50. The molecular weight excluding hydrogens is 304 g/mol. The van der Waals surface area contributed by atoms with Crippen LogP contribution >= 0.6 is 0 Å². The van der Waals surface area contributed by atoms with E-state index in [-0.39, 0.29) is 18.4 Å².